The average molecular weight is 144 g/mol. The fourth-order valence-corrected chi connectivity index (χ4v) is 1.25. The molecule has 0 aromatic rings. The monoisotopic (exact) mass is 144 g/mol. The third kappa shape index (κ3) is 1.14. The molecule has 0 aliphatic heterocycles. The van der Waals surface area contributed by atoms with E-state index in [2.05, 4.69) is 4.74 Å². The van der Waals surface area contributed by atoms with Gasteiger partial charge in [-0.1, -0.05) is 0 Å². The quantitative estimate of drug-likeness (QED) is 0.562. The van der Waals surface area contributed by atoms with Crippen molar-refractivity contribution in [2.45, 2.75) is 12.8 Å². The molecule has 0 aromatic heterocycles. The minimum Gasteiger partial charge on any atom is -0.469 e. The van der Waals surface area contributed by atoms with Crippen molar-refractivity contribution in [2.75, 3.05) is 13.7 Å². The zero-order valence-corrected chi connectivity index (χ0v) is 6.04. The summed E-state index contributed by atoms with van der Waals surface area (Å²) >= 11 is 0. The maximum absolute atomic E-state index is 10.8. The number of ether oxygens (including phenoxy) is 1. The Morgan fingerprint density at radius 3 is 2.70 bits per heavy atom. The number of rotatable bonds is 2. The first-order valence-corrected chi connectivity index (χ1v) is 3.48. The number of aliphatic hydroxyl groups is 1. The highest BCUT2D eigenvalue weighted by atomic mass is 16.5. The molecule has 0 bridgehead atoms. The topological polar surface area (TPSA) is 46.5 Å². The van der Waals surface area contributed by atoms with E-state index >= 15 is 0 Å². The van der Waals surface area contributed by atoms with E-state index in [0.717, 1.165) is 12.8 Å². The van der Waals surface area contributed by atoms with E-state index in [4.69, 9.17) is 5.11 Å². The predicted molar refractivity (Wildman–Crippen MR) is 35.3 cm³/mol. The Balaban J connectivity index is 2.35. The Hall–Kier alpha value is -0.570. The highest BCUT2D eigenvalue weighted by Gasteiger charge is 2.36. The number of carbonyl (C=O) groups excluding carboxylic acids is 1. The van der Waals surface area contributed by atoms with Gasteiger partial charge in [0.05, 0.1) is 13.0 Å². The fourth-order valence-electron chi connectivity index (χ4n) is 1.25. The van der Waals surface area contributed by atoms with Crippen molar-refractivity contribution < 1.29 is 14.6 Å². The molecule has 1 aliphatic rings. The van der Waals surface area contributed by atoms with E-state index < -0.39 is 0 Å². The first kappa shape index (κ1) is 7.54. The number of hydrogen-bond donors (Lipinski definition) is 1. The van der Waals surface area contributed by atoms with Crippen LogP contribution in [0.2, 0.25) is 0 Å². The Morgan fingerprint density at radius 1 is 1.70 bits per heavy atom. The average Bonchev–Trinajstić information content (AvgIpc) is 1.86. The van der Waals surface area contributed by atoms with Gasteiger partial charge >= 0.3 is 5.97 Å². The lowest BCUT2D eigenvalue weighted by atomic mass is 9.74. The fraction of sp³-hybridized carbons (Fsp3) is 0.857. The molecule has 0 heterocycles. The van der Waals surface area contributed by atoms with Crippen molar-refractivity contribution in [2.24, 2.45) is 11.8 Å². The Morgan fingerprint density at radius 2 is 2.40 bits per heavy atom. The van der Waals surface area contributed by atoms with Crippen LogP contribution in [0.4, 0.5) is 0 Å². The number of aliphatic hydroxyl groups excluding tert-OH is 1. The molecule has 3 nitrogen and oxygen atoms in total. The molecule has 0 saturated heterocycles. The highest BCUT2D eigenvalue weighted by molar-refractivity contribution is 5.73. The minimum atomic E-state index is -0.176. The largest absolute Gasteiger partial charge is 0.469 e. The molecule has 58 valence electrons. The SMILES string of the molecule is COC(=O)[C@@H]1CC[C@@H]1CO. The molecular formula is C7H12O3. The lowest BCUT2D eigenvalue weighted by molar-refractivity contribution is -0.152. The summed E-state index contributed by atoms with van der Waals surface area (Å²) in [5.41, 5.74) is 0. The van der Waals surface area contributed by atoms with Crippen LogP contribution >= 0.6 is 0 Å². The summed E-state index contributed by atoms with van der Waals surface area (Å²) in [5.74, 6) is -0.0484. The van der Waals surface area contributed by atoms with Crippen LogP contribution in [0.15, 0.2) is 0 Å². The molecular weight excluding hydrogens is 132 g/mol. The van der Waals surface area contributed by atoms with Crippen LogP contribution < -0.4 is 0 Å². The van der Waals surface area contributed by atoms with Crippen molar-refractivity contribution in [3.8, 4) is 0 Å². The summed E-state index contributed by atoms with van der Waals surface area (Å²) in [7, 11) is 1.38. The first-order valence-electron chi connectivity index (χ1n) is 3.48. The predicted octanol–water partition coefficient (Wildman–Crippen LogP) is 0.178. The molecule has 0 amide bonds. The van der Waals surface area contributed by atoms with E-state index in [1.165, 1.54) is 7.11 Å². The van der Waals surface area contributed by atoms with Gasteiger partial charge in [0.25, 0.3) is 0 Å². The lowest BCUT2D eigenvalue weighted by Gasteiger charge is -2.32. The number of hydrogen-bond acceptors (Lipinski definition) is 3. The van der Waals surface area contributed by atoms with Crippen molar-refractivity contribution in [1.29, 1.82) is 0 Å². The minimum absolute atomic E-state index is 0.0324. The molecule has 1 N–H and O–H groups in total. The first-order chi connectivity index (χ1) is 4.79. The summed E-state index contributed by atoms with van der Waals surface area (Å²) in [6.07, 6.45) is 1.83. The van der Waals surface area contributed by atoms with Gasteiger partial charge in [0.15, 0.2) is 0 Å². The molecule has 0 unspecified atom stereocenters. The molecule has 1 fully saturated rings. The number of methoxy groups -OCH3 is 1. The molecule has 1 aliphatic carbocycles. The summed E-state index contributed by atoms with van der Waals surface area (Å²) in [6.45, 7) is 0.111. The Bertz CT molecular complexity index is 131. The van der Waals surface area contributed by atoms with Crippen LogP contribution in [0, 0.1) is 11.8 Å². The van der Waals surface area contributed by atoms with E-state index in [9.17, 15) is 4.79 Å². The van der Waals surface area contributed by atoms with Gasteiger partial charge in [-0.2, -0.15) is 0 Å². The van der Waals surface area contributed by atoms with Gasteiger partial charge in [-0.05, 0) is 18.8 Å². The van der Waals surface area contributed by atoms with Crippen molar-refractivity contribution in [3.05, 3.63) is 0 Å². The van der Waals surface area contributed by atoms with Gasteiger partial charge in [0, 0.05) is 6.61 Å². The molecule has 1 saturated carbocycles. The van der Waals surface area contributed by atoms with Crippen LogP contribution in [-0.2, 0) is 9.53 Å². The van der Waals surface area contributed by atoms with Gasteiger partial charge in [0.1, 0.15) is 0 Å². The molecule has 0 radical (unpaired) electrons. The third-order valence-corrected chi connectivity index (χ3v) is 2.16. The summed E-state index contributed by atoms with van der Waals surface area (Å²) in [5, 5.41) is 8.69. The van der Waals surface area contributed by atoms with Crippen molar-refractivity contribution in [1.82, 2.24) is 0 Å². The van der Waals surface area contributed by atoms with E-state index in [1.807, 2.05) is 0 Å². The van der Waals surface area contributed by atoms with Gasteiger partial charge < -0.3 is 9.84 Å². The zero-order chi connectivity index (χ0) is 7.56. The van der Waals surface area contributed by atoms with E-state index in [-0.39, 0.29) is 24.4 Å². The van der Waals surface area contributed by atoms with Gasteiger partial charge in [-0.25, -0.2) is 0 Å². The molecule has 1 rings (SSSR count). The van der Waals surface area contributed by atoms with Gasteiger partial charge in [0.2, 0.25) is 0 Å². The summed E-state index contributed by atoms with van der Waals surface area (Å²) in [4.78, 5) is 10.8. The second-order valence-electron chi connectivity index (χ2n) is 2.65. The number of esters is 1. The van der Waals surface area contributed by atoms with Crippen LogP contribution in [0.25, 0.3) is 0 Å². The normalized spacial score (nSPS) is 31.0. The Labute approximate surface area is 60.0 Å². The molecule has 10 heavy (non-hydrogen) atoms. The third-order valence-electron chi connectivity index (χ3n) is 2.16. The van der Waals surface area contributed by atoms with Crippen LogP contribution in [0.1, 0.15) is 12.8 Å². The lowest BCUT2D eigenvalue weighted by Crippen LogP contribution is -2.35. The highest BCUT2D eigenvalue weighted by Crippen LogP contribution is 2.34. The zero-order valence-electron chi connectivity index (χ0n) is 6.04. The van der Waals surface area contributed by atoms with Crippen LogP contribution in [0.3, 0.4) is 0 Å². The maximum atomic E-state index is 10.8. The van der Waals surface area contributed by atoms with Crippen molar-refractivity contribution >= 4 is 5.97 Å². The molecule has 3 heteroatoms. The molecule has 0 aromatic carbocycles. The maximum Gasteiger partial charge on any atom is 0.309 e. The second-order valence-corrected chi connectivity index (χ2v) is 2.65. The molecule has 2 atom stereocenters. The van der Waals surface area contributed by atoms with Crippen molar-refractivity contribution in [3.63, 3.8) is 0 Å². The van der Waals surface area contributed by atoms with Gasteiger partial charge in [-0.3, -0.25) is 4.79 Å². The Kier molecular flexibility index (Phi) is 2.27. The van der Waals surface area contributed by atoms with Crippen LogP contribution in [0.5, 0.6) is 0 Å². The van der Waals surface area contributed by atoms with E-state index in [1.54, 1.807) is 0 Å². The molecule has 0 spiro atoms. The van der Waals surface area contributed by atoms with E-state index in [0.29, 0.717) is 0 Å². The standard InChI is InChI=1S/C7H12O3/c1-10-7(9)6-3-2-5(6)4-8/h5-6,8H,2-4H2,1H3/t5-,6-/m1/s1. The van der Waals surface area contributed by atoms with Gasteiger partial charge in [-0.15, -0.1) is 0 Å². The van der Waals surface area contributed by atoms with Crippen LogP contribution in [-0.4, -0.2) is 24.8 Å². The smallest absolute Gasteiger partial charge is 0.309 e. The summed E-state index contributed by atoms with van der Waals surface area (Å²) in [6, 6.07) is 0. The second kappa shape index (κ2) is 3.01. The summed E-state index contributed by atoms with van der Waals surface area (Å²) < 4.78 is 4.54. The number of carbonyl (C=O) groups is 1.